The Morgan fingerprint density at radius 3 is 2.38 bits per heavy atom. The van der Waals surface area contributed by atoms with Gasteiger partial charge in [-0.05, 0) is 36.0 Å². The predicted molar refractivity (Wildman–Crippen MR) is 59.5 cm³/mol. The highest BCUT2D eigenvalue weighted by molar-refractivity contribution is 6.31. The quantitative estimate of drug-likeness (QED) is 0.661. The van der Waals surface area contributed by atoms with Crippen molar-refractivity contribution in [2.24, 2.45) is 0 Å². The first-order valence-corrected chi connectivity index (χ1v) is 5.12. The van der Waals surface area contributed by atoms with Crippen LogP contribution in [0.1, 0.15) is 38.3 Å². The fourth-order valence-corrected chi connectivity index (χ4v) is 1.39. The molecule has 0 aromatic heterocycles. The third-order valence-corrected chi connectivity index (χ3v) is 3.25. The third-order valence-electron chi connectivity index (χ3n) is 2.82. The Bertz CT molecular complexity index is 300. The van der Waals surface area contributed by atoms with Crippen molar-refractivity contribution >= 4 is 11.6 Å². The summed E-state index contributed by atoms with van der Waals surface area (Å²) in [7, 11) is 0. The second-order valence-corrected chi connectivity index (χ2v) is 4.61. The van der Waals surface area contributed by atoms with E-state index in [4.69, 9.17) is 11.6 Å². The van der Waals surface area contributed by atoms with Gasteiger partial charge in [-0.3, -0.25) is 0 Å². The van der Waals surface area contributed by atoms with Crippen LogP contribution < -0.4 is 0 Å². The van der Waals surface area contributed by atoms with Crippen molar-refractivity contribution in [1.82, 2.24) is 0 Å². The molecule has 1 heteroatoms. The van der Waals surface area contributed by atoms with Crippen molar-refractivity contribution in [2.75, 3.05) is 0 Å². The standard InChI is InChI=1S/C12H17Cl/c1-5-12(3,4)10-6-7-11(13)9(2)8-10/h6-8H,5H2,1-4H3. The van der Waals surface area contributed by atoms with Gasteiger partial charge in [0, 0.05) is 5.02 Å². The maximum Gasteiger partial charge on any atom is 0.0435 e. The Balaban J connectivity index is 3.10. The fourth-order valence-electron chi connectivity index (χ4n) is 1.27. The minimum absolute atomic E-state index is 0.259. The predicted octanol–water partition coefficient (Wildman–Crippen LogP) is 4.34. The van der Waals surface area contributed by atoms with Gasteiger partial charge in [-0.25, -0.2) is 0 Å². The van der Waals surface area contributed by atoms with E-state index in [0.29, 0.717) is 0 Å². The molecule has 0 radical (unpaired) electrons. The fraction of sp³-hybridized carbons (Fsp3) is 0.500. The van der Waals surface area contributed by atoms with Crippen LogP contribution in [0.15, 0.2) is 18.2 Å². The van der Waals surface area contributed by atoms with Crippen LogP contribution in [-0.2, 0) is 5.41 Å². The molecule has 0 fully saturated rings. The Kier molecular flexibility index (Phi) is 3.02. The molecule has 0 aliphatic heterocycles. The van der Waals surface area contributed by atoms with Gasteiger partial charge in [0.25, 0.3) is 0 Å². The number of aryl methyl sites for hydroxylation is 1. The number of rotatable bonds is 2. The molecule has 0 N–H and O–H groups in total. The molecule has 13 heavy (non-hydrogen) atoms. The number of halogens is 1. The Labute approximate surface area is 85.9 Å². The van der Waals surface area contributed by atoms with Gasteiger partial charge in [0.1, 0.15) is 0 Å². The van der Waals surface area contributed by atoms with Crippen LogP contribution in [0.3, 0.4) is 0 Å². The molecule has 0 nitrogen and oxygen atoms in total. The highest BCUT2D eigenvalue weighted by Gasteiger charge is 2.17. The maximum absolute atomic E-state index is 5.97. The van der Waals surface area contributed by atoms with Crippen LogP contribution in [-0.4, -0.2) is 0 Å². The minimum atomic E-state index is 0.259. The zero-order valence-electron chi connectivity index (χ0n) is 8.82. The Hall–Kier alpha value is -0.490. The second kappa shape index (κ2) is 3.71. The van der Waals surface area contributed by atoms with Gasteiger partial charge in [-0.2, -0.15) is 0 Å². The van der Waals surface area contributed by atoms with E-state index in [9.17, 15) is 0 Å². The van der Waals surface area contributed by atoms with Crippen LogP contribution in [0, 0.1) is 6.92 Å². The topological polar surface area (TPSA) is 0 Å². The van der Waals surface area contributed by atoms with E-state index in [1.54, 1.807) is 0 Å². The molecule has 0 atom stereocenters. The first-order valence-electron chi connectivity index (χ1n) is 4.74. The Morgan fingerprint density at radius 1 is 1.31 bits per heavy atom. The third kappa shape index (κ3) is 2.25. The van der Waals surface area contributed by atoms with Crippen LogP contribution in [0.5, 0.6) is 0 Å². The van der Waals surface area contributed by atoms with Crippen molar-refractivity contribution in [1.29, 1.82) is 0 Å². The van der Waals surface area contributed by atoms with Crippen LogP contribution >= 0.6 is 11.6 Å². The summed E-state index contributed by atoms with van der Waals surface area (Å²) in [5.74, 6) is 0. The molecule has 0 amide bonds. The second-order valence-electron chi connectivity index (χ2n) is 4.20. The zero-order valence-corrected chi connectivity index (χ0v) is 9.57. The molecule has 0 unspecified atom stereocenters. The first kappa shape index (κ1) is 10.6. The summed E-state index contributed by atoms with van der Waals surface area (Å²) in [6, 6.07) is 6.30. The van der Waals surface area contributed by atoms with Crippen LogP contribution in [0.2, 0.25) is 5.02 Å². The molecule has 1 aromatic carbocycles. The van der Waals surface area contributed by atoms with Gasteiger partial charge in [0.15, 0.2) is 0 Å². The molecule has 0 heterocycles. The monoisotopic (exact) mass is 196 g/mol. The van der Waals surface area contributed by atoms with E-state index in [1.165, 1.54) is 11.1 Å². The molecular formula is C12H17Cl. The largest absolute Gasteiger partial charge is 0.0841 e. The van der Waals surface area contributed by atoms with Gasteiger partial charge in [-0.1, -0.05) is 44.5 Å². The van der Waals surface area contributed by atoms with Gasteiger partial charge in [0.2, 0.25) is 0 Å². The van der Waals surface area contributed by atoms with Gasteiger partial charge >= 0.3 is 0 Å². The number of hydrogen-bond donors (Lipinski definition) is 0. The molecule has 0 aliphatic rings. The summed E-state index contributed by atoms with van der Waals surface area (Å²) in [6.07, 6.45) is 1.15. The van der Waals surface area contributed by atoms with Gasteiger partial charge in [0.05, 0.1) is 0 Å². The summed E-state index contributed by atoms with van der Waals surface area (Å²) in [4.78, 5) is 0. The van der Waals surface area contributed by atoms with Crippen molar-refractivity contribution in [3.63, 3.8) is 0 Å². The van der Waals surface area contributed by atoms with Crippen molar-refractivity contribution in [3.05, 3.63) is 34.3 Å². The summed E-state index contributed by atoms with van der Waals surface area (Å²) >= 11 is 5.97. The van der Waals surface area contributed by atoms with E-state index in [1.807, 2.05) is 6.07 Å². The molecule has 72 valence electrons. The molecule has 1 rings (SSSR count). The Morgan fingerprint density at radius 2 is 1.92 bits per heavy atom. The lowest BCUT2D eigenvalue weighted by atomic mass is 9.82. The van der Waals surface area contributed by atoms with Gasteiger partial charge in [-0.15, -0.1) is 0 Å². The van der Waals surface area contributed by atoms with Gasteiger partial charge < -0.3 is 0 Å². The molecule has 1 aromatic rings. The number of benzene rings is 1. The van der Waals surface area contributed by atoms with Crippen LogP contribution in [0.25, 0.3) is 0 Å². The average Bonchev–Trinajstić information content (AvgIpc) is 2.09. The van der Waals surface area contributed by atoms with Crippen LogP contribution in [0.4, 0.5) is 0 Å². The van der Waals surface area contributed by atoms with E-state index < -0.39 is 0 Å². The SMILES string of the molecule is CCC(C)(C)c1ccc(Cl)c(C)c1. The lowest BCUT2D eigenvalue weighted by Gasteiger charge is -2.23. The lowest BCUT2D eigenvalue weighted by Crippen LogP contribution is -2.15. The highest BCUT2D eigenvalue weighted by atomic mass is 35.5. The van der Waals surface area contributed by atoms with E-state index in [0.717, 1.165) is 11.4 Å². The molecule has 0 spiro atoms. The molecule has 0 aliphatic carbocycles. The lowest BCUT2D eigenvalue weighted by molar-refractivity contribution is 0.506. The summed E-state index contributed by atoms with van der Waals surface area (Å²) in [5, 5.41) is 0.857. The molecule has 0 bridgehead atoms. The van der Waals surface area contributed by atoms with Crippen molar-refractivity contribution in [2.45, 2.75) is 39.5 Å². The van der Waals surface area contributed by atoms with Crippen molar-refractivity contribution in [3.8, 4) is 0 Å². The van der Waals surface area contributed by atoms with Crippen molar-refractivity contribution < 1.29 is 0 Å². The molecule has 0 saturated heterocycles. The van der Waals surface area contributed by atoms with E-state index in [-0.39, 0.29) is 5.41 Å². The normalized spacial score (nSPS) is 11.8. The zero-order chi connectivity index (χ0) is 10.1. The highest BCUT2D eigenvalue weighted by Crippen LogP contribution is 2.29. The minimum Gasteiger partial charge on any atom is -0.0841 e. The maximum atomic E-state index is 5.97. The average molecular weight is 197 g/mol. The molecule has 0 saturated carbocycles. The summed E-state index contributed by atoms with van der Waals surface area (Å²) in [6.45, 7) is 8.78. The summed E-state index contributed by atoms with van der Waals surface area (Å²) < 4.78 is 0. The summed E-state index contributed by atoms with van der Waals surface area (Å²) in [5.41, 5.74) is 2.80. The van der Waals surface area contributed by atoms with E-state index in [2.05, 4.69) is 39.8 Å². The smallest absolute Gasteiger partial charge is 0.0435 e. The first-order chi connectivity index (χ1) is 5.97. The van der Waals surface area contributed by atoms with E-state index >= 15 is 0 Å². The number of hydrogen-bond acceptors (Lipinski definition) is 0. The molecular weight excluding hydrogens is 180 g/mol.